The number of hydrogen-bond donors (Lipinski definition) is 2. The molecule has 1 aliphatic heterocycles. The van der Waals surface area contributed by atoms with Crippen molar-refractivity contribution in [3.63, 3.8) is 0 Å². The Hall–Kier alpha value is -3.20. The Kier molecular flexibility index (Phi) is 8.87. The molecule has 2 atom stereocenters. The van der Waals surface area contributed by atoms with E-state index in [4.69, 9.17) is 4.74 Å². The normalized spacial score (nSPS) is 21.8. The molecule has 0 spiro atoms. The van der Waals surface area contributed by atoms with Gasteiger partial charge in [-0.05, 0) is 61.9 Å². The average molecular weight is 531 g/mol. The van der Waals surface area contributed by atoms with Crippen LogP contribution in [-0.4, -0.2) is 30.7 Å². The number of para-hydroxylation sites is 1. The number of alkyl halides is 3. The number of nitrogens with one attached hydrogen (secondary N) is 2. The predicted octanol–water partition coefficient (Wildman–Crippen LogP) is 5.97. The molecule has 2 aromatic rings. The largest absolute Gasteiger partial charge is 0.418 e. The first-order valence-electron chi connectivity index (χ1n) is 13.1. The van der Waals surface area contributed by atoms with Gasteiger partial charge in [0.25, 0.3) is 0 Å². The number of carbonyl (C=O) groups excluding carboxylic acids is 3. The van der Waals surface area contributed by atoms with E-state index in [1.807, 2.05) is 0 Å². The third kappa shape index (κ3) is 7.01. The second kappa shape index (κ2) is 12.1. The Morgan fingerprint density at radius 2 is 1.84 bits per heavy atom. The number of ether oxygens (including phenoxy) is 1. The molecule has 4 rings (SSSR count). The molecule has 0 aromatic heterocycles. The Labute approximate surface area is 220 Å². The van der Waals surface area contributed by atoms with Gasteiger partial charge in [0.15, 0.2) is 0 Å². The molecule has 204 valence electrons. The molecular formula is C29H33F3N2O4. The zero-order valence-electron chi connectivity index (χ0n) is 21.2. The van der Waals surface area contributed by atoms with Gasteiger partial charge in [-0.1, -0.05) is 24.3 Å². The van der Waals surface area contributed by atoms with E-state index in [2.05, 4.69) is 10.6 Å². The molecule has 9 heteroatoms. The Morgan fingerprint density at radius 3 is 2.53 bits per heavy atom. The van der Waals surface area contributed by atoms with E-state index in [0.717, 1.165) is 24.5 Å². The molecule has 0 bridgehead atoms. The number of carbonyl (C=O) groups is 3. The third-order valence-electron chi connectivity index (χ3n) is 7.52. The van der Waals surface area contributed by atoms with Crippen molar-refractivity contribution in [3.8, 4) is 0 Å². The van der Waals surface area contributed by atoms with Crippen LogP contribution in [0.15, 0.2) is 48.5 Å². The SMILES string of the molecule is O=C1CCCC(C(=O)CCC[C@@]2(C(=O)NCc3ccc(Nc4ccccc4C(F)(F)F)cc3)CCOC2)C1. The van der Waals surface area contributed by atoms with Crippen LogP contribution < -0.4 is 10.6 Å². The van der Waals surface area contributed by atoms with Gasteiger partial charge in [-0.15, -0.1) is 0 Å². The van der Waals surface area contributed by atoms with E-state index in [1.165, 1.54) is 18.2 Å². The van der Waals surface area contributed by atoms with E-state index in [1.54, 1.807) is 24.3 Å². The quantitative estimate of drug-likeness (QED) is 0.395. The van der Waals surface area contributed by atoms with E-state index in [9.17, 15) is 27.6 Å². The predicted molar refractivity (Wildman–Crippen MR) is 137 cm³/mol. The zero-order chi connectivity index (χ0) is 27.2. The van der Waals surface area contributed by atoms with Crippen LogP contribution in [0.1, 0.15) is 62.5 Å². The van der Waals surface area contributed by atoms with Gasteiger partial charge in [0, 0.05) is 44.0 Å². The van der Waals surface area contributed by atoms with Gasteiger partial charge >= 0.3 is 6.18 Å². The summed E-state index contributed by atoms with van der Waals surface area (Å²) in [4.78, 5) is 37.4. The molecule has 1 amide bonds. The van der Waals surface area contributed by atoms with Gasteiger partial charge in [0.1, 0.15) is 11.6 Å². The van der Waals surface area contributed by atoms with Crippen molar-refractivity contribution in [2.75, 3.05) is 18.5 Å². The van der Waals surface area contributed by atoms with Crippen LogP contribution in [0.5, 0.6) is 0 Å². The van der Waals surface area contributed by atoms with Crippen LogP contribution in [0.25, 0.3) is 0 Å². The average Bonchev–Trinajstić information content (AvgIpc) is 3.38. The van der Waals surface area contributed by atoms with Crippen LogP contribution >= 0.6 is 0 Å². The van der Waals surface area contributed by atoms with Crippen molar-refractivity contribution in [3.05, 3.63) is 59.7 Å². The number of amides is 1. The van der Waals surface area contributed by atoms with Crippen molar-refractivity contribution in [2.24, 2.45) is 11.3 Å². The van der Waals surface area contributed by atoms with Gasteiger partial charge in [-0.2, -0.15) is 13.2 Å². The highest BCUT2D eigenvalue weighted by Crippen LogP contribution is 2.37. The monoisotopic (exact) mass is 530 g/mol. The molecule has 1 saturated heterocycles. The molecule has 2 N–H and O–H groups in total. The molecule has 0 radical (unpaired) electrons. The molecule has 6 nitrogen and oxygen atoms in total. The van der Waals surface area contributed by atoms with Crippen molar-refractivity contribution in [1.29, 1.82) is 0 Å². The van der Waals surface area contributed by atoms with Crippen LogP contribution in [0.2, 0.25) is 0 Å². The Bertz CT molecular complexity index is 1140. The summed E-state index contributed by atoms with van der Waals surface area (Å²) in [5, 5.41) is 5.78. The molecule has 38 heavy (non-hydrogen) atoms. The molecule has 2 fully saturated rings. The summed E-state index contributed by atoms with van der Waals surface area (Å²) in [6, 6.07) is 12.1. The lowest BCUT2D eigenvalue weighted by Gasteiger charge is -2.26. The maximum absolute atomic E-state index is 13.2. The fourth-order valence-corrected chi connectivity index (χ4v) is 5.27. The van der Waals surface area contributed by atoms with Gasteiger partial charge in [-0.3, -0.25) is 14.4 Å². The first-order chi connectivity index (χ1) is 18.2. The highest BCUT2D eigenvalue weighted by atomic mass is 19.4. The van der Waals surface area contributed by atoms with Crippen LogP contribution in [0.3, 0.4) is 0 Å². The summed E-state index contributed by atoms with van der Waals surface area (Å²) in [7, 11) is 0. The number of anilines is 2. The number of ketones is 2. The topological polar surface area (TPSA) is 84.5 Å². The number of halogens is 3. The van der Waals surface area contributed by atoms with Crippen LogP contribution in [0.4, 0.5) is 24.5 Å². The van der Waals surface area contributed by atoms with Gasteiger partial charge < -0.3 is 15.4 Å². The van der Waals surface area contributed by atoms with Crippen molar-refractivity contribution in [1.82, 2.24) is 5.32 Å². The van der Waals surface area contributed by atoms with Gasteiger partial charge in [-0.25, -0.2) is 0 Å². The minimum absolute atomic E-state index is 0.0298. The molecular weight excluding hydrogens is 497 g/mol. The second-order valence-electron chi connectivity index (χ2n) is 10.3. The van der Waals surface area contributed by atoms with Crippen molar-refractivity contribution in [2.45, 2.75) is 64.1 Å². The molecule has 2 aromatic carbocycles. The lowest BCUT2D eigenvalue weighted by atomic mass is 9.79. The number of Topliss-reactive ketones (excluding diaryl/α,β-unsaturated/α-hetero) is 2. The molecule has 1 unspecified atom stereocenters. The van der Waals surface area contributed by atoms with Crippen molar-refractivity contribution >= 4 is 28.8 Å². The number of rotatable bonds is 10. The smallest absolute Gasteiger partial charge is 0.380 e. The summed E-state index contributed by atoms with van der Waals surface area (Å²) in [5.41, 5.74) is -0.154. The maximum Gasteiger partial charge on any atom is 0.418 e. The third-order valence-corrected chi connectivity index (χ3v) is 7.52. The highest BCUT2D eigenvalue weighted by Gasteiger charge is 2.42. The summed E-state index contributed by atoms with van der Waals surface area (Å²) < 4.78 is 45.3. The summed E-state index contributed by atoms with van der Waals surface area (Å²) in [5.74, 6) is -0.0412. The lowest BCUT2D eigenvalue weighted by Crippen LogP contribution is -2.41. The molecule has 1 aliphatic carbocycles. The first-order valence-corrected chi connectivity index (χ1v) is 13.1. The van der Waals surface area contributed by atoms with E-state index >= 15 is 0 Å². The summed E-state index contributed by atoms with van der Waals surface area (Å²) in [6.07, 6.45) is 0.0280. The second-order valence-corrected chi connectivity index (χ2v) is 10.3. The van der Waals surface area contributed by atoms with E-state index in [0.29, 0.717) is 57.4 Å². The zero-order valence-corrected chi connectivity index (χ0v) is 21.2. The van der Waals surface area contributed by atoms with Crippen LogP contribution in [-0.2, 0) is 31.8 Å². The van der Waals surface area contributed by atoms with E-state index in [-0.39, 0.29) is 35.6 Å². The fraction of sp³-hybridized carbons (Fsp3) is 0.483. The van der Waals surface area contributed by atoms with Crippen molar-refractivity contribution < 1.29 is 32.3 Å². The summed E-state index contributed by atoms with van der Waals surface area (Å²) >= 11 is 0. The Morgan fingerprint density at radius 1 is 1.08 bits per heavy atom. The van der Waals surface area contributed by atoms with Gasteiger partial charge in [0.2, 0.25) is 5.91 Å². The minimum atomic E-state index is -4.46. The number of benzene rings is 2. The van der Waals surface area contributed by atoms with Crippen LogP contribution in [0, 0.1) is 11.3 Å². The number of hydrogen-bond acceptors (Lipinski definition) is 5. The standard InChI is InChI=1S/C29H33F3N2O4/c30-29(31,32)24-7-1-2-8-25(24)34-22-12-10-20(11-13-22)18-33-27(37)28(15-16-38-19-28)14-4-9-26(36)21-5-3-6-23(35)17-21/h1-2,7-8,10-13,21,34H,3-6,9,14-19H2,(H,33,37)/t21?,28-/m1/s1. The highest BCUT2D eigenvalue weighted by molar-refractivity contribution is 5.89. The van der Waals surface area contributed by atoms with E-state index < -0.39 is 17.2 Å². The molecule has 2 aliphatic rings. The lowest BCUT2D eigenvalue weighted by molar-refractivity contribution is -0.137. The fourth-order valence-electron chi connectivity index (χ4n) is 5.27. The molecule has 1 heterocycles. The summed E-state index contributed by atoms with van der Waals surface area (Å²) in [6.45, 7) is 1.05. The molecule has 1 saturated carbocycles. The maximum atomic E-state index is 13.2. The van der Waals surface area contributed by atoms with Gasteiger partial charge in [0.05, 0.1) is 23.3 Å². The minimum Gasteiger partial charge on any atom is -0.380 e. The Balaban J connectivity index is 1.29. The first kappa shape index (κ1) is 27.8.